The van der Waals surface area contributed by atoms with Crippen LogP contribution in [0.15, 0.2) is 24.3 Å². The molecule has 0 amide bonds. The average Bonchev–Trinajstić information content (AvgIpc) is 2.89. The number of hydrogen-bond donors (Lipinski definition) is 1. The Morgan fingerprint density at radius 1 is 1.20 bits per heavy atom. The number of anilines is 1. The van der Waals surface area contributed by atoms with Gasteiger partial charge >= 0.3 is 0 Å². The highest BCUT2D eigenvalue weighted by Gasteiger charge is 2.24. The topological polar surface area (TPSA) is 15.3 Å². The van der Waals surface area contributed by atoms with E-state index in [1.807, 2.05) is 0 Å². The molecule has 1 aromatic rings. The third-order valence-corrected chi connectivity index (χ3v) is 3.62. The van der Waals surface area contributed by atoms with Gasteiger partial charge in [-0.15, -0.1) is 0 Å². The molecule has 1 saturated heterocycles. The van der Waals surface area contributed by atoms with E-state index in [9.17, 15) is 0 Å². The van der Waals surface area contributed by atoms with Crippen LogP contribution < -0.4 is 5.32 Å². The Balaban J connectivity index is 1.73. The highest BCUT2D eigenvalue weighted by molar-refractivity contribution is 5.57. The number of rotatable bonds is 2. The summed E-state index contributed by atoms with van der Waals surface area (Å²) in [5, 5.41) is 3.50. The van der Waals surface area contributed by atoms with Crippen LogP contribution >= 0.6 is 0 Å². The van der Waals surface area contributed by atoms with Gasteiger partial charge < -0.3 is 10.2 Å². The largest absolute Gasteiger partial charge is 0.384 e. The Morgan fingerprint density at radius 2 is 2.00 bits per heavy atom. The number of fused-ring (bicyclic) bond motifs is 1. The highest BCUT2D eigenvalue weighted by atomic mass is 15.1. The molecule has 1 atom stereocenters. The summed E-state index contributed by atoms with van der Waals surface area (Å²) in [6.07, 6.45) is 2.78. The summed E-state index contributed by atoms with van der Waals surface area (Å²) < 4.78 is 0. The van der Waals surface area contributed by atoms with Crippen LogP contribution in [-0.2, 0) is 0 Å². The minimum atomic E-state index is 0.708. The second-order valence-corrected chi connectivity index (χ2v) is 4.67. The maximum absolute atomic E-state index is 3.50. The van der Waals surface area contributed by atoms with Gasteiger partial charge in [-0.05, 0) is 37.6 Å². The Hall–Kier alpha value is -1.02. The van der Waals surface area contributed by atoms with Gasteiger partial charge in [0, 0.05) is 24.7 Å². The maximum Gasteiger partial charge on any atom is 0.0376 e. The fraction of sp³-hybridized carbons (Fsp3) is 0.538. The van der Waals surface area contributed by atoms with Gasteiger partial charge in [-0.1, -0.05) is 18.2 Å². The van der Waals surface area contributed by atoms with Gasteiger partial charge in [0.25, 0.3) is 0 Å². The molecule has 0 aromatic heterocycles. The molecule has 15 heavy (non-hydrogen) atoms. The third-order valence-electron chi connectivity index (χ3n) is 3.62. The molecule has 2 nitrogen and oxygen atoms in total. The molecule has 2 aliphatic rings. The van der Waals surface area contributed by atoms with E-state index >= 15 is 0 Å². The van der Waals surface area contributed by atoms with E-state index in [0.717, 1.165) is 6.54 Å². The van der Waals surface area contributed by atoms with Crippen molar-refractivity contribution in [2.24, 2.45) is 0 Å². The van der Waals surface area contributed by atoms with Gasteiger partial charge in [-0.25, -0.2) is 0 Å². The lowest BCUT2D eigenvalue weighted by Gasteiger charge is -2.19. The second-order valence-electron chi connectivity index (χ2n) is 4.67. The van der Waals surface area contributed by atoms with Crippen molar-refractivity contribution in [3.63, 3.8) is 0 Å². The minimum absolute atomic E-state index is 0.708. The van der Waals surface area contributed by atoms with E-state index in [-0.39, 0.29) is 0 Å². The van der Waals surface area contributed by atoms with Crippen molar-refractivity contribution >= 4 is 5.69 Å². The predicted octanol–water partition coefficient (Wildman–Crippen LogP) is 2.29. The molecule has 80 valence electrons. The summed E-state index contributed by atoms with van der Waals surface area (Å²) in [7, 11) is 0. The molecular weight excluding hydrogens is 184 g/mol. The van der Waals surface area contributed by atoms with Crippen molar-refractivity contribution in [1.29, 1.82) is 0 Å². The van der Waals surface area contributed by atoms with Crippen LogP contribution in [0.25, 0.3) is 0 Å². The number of benzene rings is 1. The van der Waals surface area contributed by atoms with Gasteiger partial charge in [-0.2, -0.15) is 0 Å². The lowest BCUT2D eigenvalue weighted by atomic mass is 10.0. The average molecular weight is 202 g/mol. The molecule has 1 fully saturated rings. The molecule has 2 aliphatic heterocycles. The highest BCUT2D eigenvalue weighted by Crippen LogP contribution is 2.31. The van der Waals surface area contributed by atoms with Crippen molar-refractivity contribution in [1.82, 2.24) is 4.90 Å². The minimum Gasteiger partial charge on any atom is -0.384 e. The zero-order valence-electron chi connectivity index (χ0n) is 9.08. The van der Waals surface area contributed by atoms with E-state index in [1.54, 1.807) is 0 Å². The Kier molecular flexibility index (Phi) is 2.37. The molecular formula is C13H18N2. The van der Waals surface area contributed by atoms with Crippen molar-refractivity contribution in [2.45, 2.75) is 18.8 Å². The number of nitrogens with zero attached hydrogens (tertiary/aromatic N) is 1. The van der Waals surface area contributed by atoms with Crippen LogP contribution in [0, 0.1) is 0 Å². The van der Waals surface area contributed by atoms with E-state index in [4.69, 9.17) is 0 Å². The molecule has 0 bridgehead atoms. The Morgan fingerprint density at radius 3 is 2.87 bits per heavy atom. The van der Waals surface area contributed by atoms with Gasteiger partial charge in [0.2, 0.25) is 0 Å². The molecule has 1 N–H and O–H groups in total. The smallest absolute Gasteiger partial charge is 0.0376 e. The van der Waals surface area contributed by atoms with Crippen molar-refractivity contribution < 1.29 is 0 Å². The second kappa shape index (κ2) is 3.86. The molecule has 0 radical (unpaired) electrons. The number of hydrogen-bond acceptors (Lipinski definition) is 2. The van der Waals surface area contributed by atoms with Crippen LogP contribution in [0.2, 0.25) is 0 Å². The van der Waals surface area contributed by atoms with Crippen LogP contribution in [0.1, 0.15) is 24.3 Å². The zero-order chi connectivity index (χ0) is 10.1. The predicted molar refractivity (Wildman–Crippen MR) is 63.3 cm³/mol. The van der Waals surface area contributed by atoms with Crippen LogP contribution in [0.4, 0.5) is 5.69 Å². The molecule has 0 spiro atoms. The van der Waals surface area contributed by atoms with Gasteiger partial charge in [0.15, 0.2) is 0 Å². The lowest BCUT2D eigenvalue weighted by molar-refractivity contribution is 0.320. The summed E-state index contributed by atoms with van der Waals surface area (Å²) in [6, 6.07) is 8.74. The summed E-state index contributed by atoms with van der Waals surface area (Å²) in [6.45, 7) is 4.97. The summed E-state index contributed by atoms with van der Waals surface area (Å²) in [5.41, 5.74) is 2.87. The number of nitrogens with one attached hydrogen (secondary N) is 1. The molecule has 0 aliphatic carbocycles. The molecule has 2 heterocycles. The van der Waals surface area contributed by atoms with Crippen molar-refractivity contribution in [3.8, 4) is 0 Å². The van der Waals surface area contributed by atoms with E-state index in [1.165, 1.54) is 43.7 Å². The fourth-order valence-corrected chi connectivity index (χ4v) is 2.80. The third kappa shape index (κ3) is 1.74. The SMILES string of the molecule is c1ccc2c(c1)NCC2CN1CCCC1. The number of likely N-dealkylation sites (tertiary alicyclic amines) is 1. The lowest BCUT2D eigenvalue weighted by Crippen LogP contribution is -2.26. The zero-order valence-corrected chi connectivity index (χ0v) is 9.08. The van der Waals surface area contributed by atoms with Gasteiger partial charge in [0.1, 0.15) is 0 Å². The van der Waals surface area contributed by atoms with E-state index in [2.05, 4.69) is 34.5 Å². The Bertz CT molecular complexity index is 342. The molecule has 3 rings (SSSR count). The molecule has 0 saturated carbocycles. The fourth-order valence-electron chi connectivity index (χ4n) is 2.80. The summed E-state index contributed by atoms with van der Waals surface area (Å²) >= 11 is 0. The molecule has 1 unspecified atom stereocenters. The van der Waals surface area contributed by atoms with Gasteiger partial charge in [0.05, 0.1) is 0 Å². The molecule has 2 heteroatoms. The quantitative estimate of drug-likeness (QED) is 0.791. The first kappa shape index (κ1) is 9.22. The van der Waals surface area contributed by atoms with Gasteiger partial charge in [-0.3, -0.25) is 0 Å². The Labute approximate surface area is 91.3 Å². The standard InChI is InChI=1S/C13H18N2/c1-2-6-13-12(5-1)11(9-14-13)10-15-7-3-4-8-15/h1-2,5-6,11,14H,3-4,7-10H2. The summed E-state index contributed by atoms with van der Waals surface area (Å²) in [5.74, 6) is 0.708. The van der Waals surface area contributed by atoms with Crippen molar-refractivity contribution in [2.75, 3.05) is 31.5 Å². The number of para-hydroxylation sites is 1. The summed E-state index contributed by atoms with van der Waals surface area (Å²) in [4.78, 5) is 2.61. The van der Waals surface area contributed by atoms with E-state index in [0.29, 0.717) is 5.92 Å². The first-order valence-electron chi connectivity index (χ1n) is 5.98. The first-order valence-corrected chi connectivity index (χ1v) is 5.98. The monoisotopic (exact) mass is 202 g/mol. The molecule has 1 aromatic carbocycles. The van der Waals surface area contributed by atoms with Crippen molar-refractivity contribution in [3.05, 3.63) is 29.8 Å². The van der Waals surface area contributed by atoms with Crippen LogP contribution in [0.5, 0.6) is 0 Å². The maximum atomic E-state index is 3.50. The first-order chi connectivity index (χ1) is 7.43. The van der Waals surface area contributed by atoms with E-state index < -0.39 is 0 Å². The van der Waals surface area contributed by atoms with Crippen LogP contribution in [-0.4, -0.2) is 31.1 Å². The van der Waals surface area contributed by atoms with Crippen LogP contribution in [0.3, 0.4) is 0 Å². The normalized spacial score (nSPS) is 25.2.